The van der Waals surface area contributed by atoms with Crippen molar-refractivity contribution in [1.82, 2.24) is 24.0 Å². The van der Waals surface area contributed by atoms with Crippen LogP contribution >= 0.6 is 0 Å². The number of aromatic nitrogens is 4. The first-order valence-electron chi connectivity index (χ1n) is 12.2. The van der Waals surface area contributed by atoms with E-state index in [0.29, 0.717) is 36.4 Å². The van der Waals surface area contributed by atoms with Gasteiger partial charge in [0.1, 0.15) is 17.5 Å². The summed E-state index contributed by atoms with van der Waals surface area (Å²) in [6.07, 6.45) is 4.21. The fourth-order valence-electron chi connectivity index (χ4n) is 5.01. The normalized spacial score (nSPS) is 17.8. The molecule has 0 bridgehead atoms. The standard InChI is InChI=1S/C27H25F2N5O2/c1-32-15-30-23-25(32)31-24(21-9-6-19(12-22(21)29)17-4-7-20(28)8-5-17)34(27(23)36)14-16-10-11-33(13-16)26(35)18-2-3-18/h4-9,12,15-16,18H,2-3,10-11,13-14H2,1H3. The SMILES string of the molecule is Cn1cnc2c(=O)n(CC3CCN(C(=O)C4CC4)C3)c(-c3ccc(-c4ccc(F)cc4)cc3F)nc21. The molecule has 36 heavy (non-hydrogen) atoms. The maximum Gasteiger partial charge on any atom is 0.281 e. The van der Waals surface area contributed by atoms with Crippen LogP contribution in [0.15, 0.2) is 53.6 Å². The molecule has 0 spiro atoms. The third-order valence-corrected chi connectivity index (χ3v) is 7.17. The van der Waals surface area contributed by atoms with Crippen LogP contribution in [0.5, 0.6) is 0 Å². The zero-order chi connectivity index (χ0) is 25.0. The molecule has 1 saturated carbocycles. The third kappa shape index (κ3) is 3.98. The van der Waals surface area contributed by atoms with E-state index in [4.69, 9.17) is 0 Å². The van der Waals surface area contributed by atoms with E-state index in [9.17, 15) is 14.0 Å². The van der Waals surface area contributed by atoms with E-state index in [1.54, 1.807) is 35.9 Å². The lowest BCUT2D eigenvalue weighted by Gasteiger charge is -2.19. The zero-order valence-electron chi connectivity index (χ0n) is 19.8. The second-order valence-corrected chi connectivity index (χ2v) is 9.79. The largest absolute Gasteiger partial charge is 0.342 e. The summed E-state index contributed by atoms with van der Waals surface area (Å²) in [6, 6.07) is 10.6. The Labute approximate surface area is 206 Å². The van der Waals surface area contributed by atoms with Crippen molar-refractivity contribution < 1.29 is 13.6 Å². The maximum absolute atomic E-state index is 15.5. The number of fused-ring (bicyclic) bond motifs is 1. The van der Waals surface area contributed by atoms with E-state index in [2.05, 4.69) is 9.97 Å². The van der Waals surface area contributed by atoms with Gasteiger partial charge in [0.2, 0.25) is 5.91 Å². The monoisotopic (exact) mass is 489 g/mol. The van der Waals surface area contributed by atoms with Crippen LogP contribution < -0.4 is 5.56 Å². The molecule has 3 heterocycles. The quantitative estimate of drug-likeness (QED) is 0.425. The van der Waals surface area contributed by atoms with Gasteiger partial charge < -0.3 is 9.47 Å². The summed E-state index contributed by atoms with van der Waals surface area (Å²) in [5.74, 6) is -0.248. The molecule has 1 aliphatic heterocycles. The van der Waals surface area contributed by atoms with E-state index in [1.165, 1.54) is 29.1 Å². The van der Waals surface area contributed by atoms with E-state index in [0.717, 1.165) is 19.3 Å². The summed E-state index contributed by atoms with van der Waals surface area (Å²) in [7, 11) is 1.74. The third-order valence-electron chi connectivity index (χ3n) is 7.17. The van der Waals surface area contributed by atoms with Crippen LogP contribution in [0, 0.1) is 23.5 Å². The maximum atomic E-state index is 15.5. The van der Waals surface area contributed by atoms with Gasteiger partial charge >= 0.3 is 0 Å². The number of halogens is 2. The number of amides is 1. The second kappa shape index (κ2) is 8.65. The van der Waals surface area contributed by atoms with Crippen LogP contribution in [0.1, 0.15) is 19.3 Å². The molecule has 1 saturated heterocycles. The number of carbonyl (C=O) groups is 1. The van der Waals surface area contributed by atoms with E-state index in [1.807, 2.05) is 4.90 Å². The molecule has 4 aromatic rings. The topological polar surface area (TPSA) is 73.0 Å². The van der Waals surface area contributed by atoms with Gasteiger partial charge in [0.15, 0.2) is 11.2 Å². The van der Waals surface area contributed by atoms with Gasteiger partial charge in [0, 0.05) is 32.6 Å². The molecule has 9 heteroatoms. The molecule has 1 amide bonds. The van der Waals surface area contributed by atoms with E-state index >= 15 is 4.39 Å². The number of nitrogens with zero attached hydrogens (tertiary/aromatic N) is 5. The van der Waals surface area contributed by atoms with Gasteiger partial charge in [-0.3, -0.25) is 14.2 Å². The van der Waals surface area contributed by atoms with Crippen LogP contribution in [0.25, 0.3) is 33.7 Å². The van der Waals surface area contributed by atoms with Gasteiger partial charge in [-0.2, -0.15) is 0 Å². The minimum atomic E-state index is -0.532. The first-order valence-corrected chi connectivity index (χ1v) is 12.2. The summed E-state index contributed by atoms with van der Waals surface area (Å²) in [4.78, 5) is 36.8. The van der Waals surface area contributed by atoms with Crippen molar-refractivity contribution in [2.45, 2.75) is 25.8 Å². The van der Waals surface area contributed by atoms with Crippen molar-refractivity contribution in [1.29, 1.82) is 0 Å². The van der Waals surface area contributed by atoms with Crippen LogP contribution in [0.4, 0.5) is 8.78 Å². The average Bonchev–Trinajstić information content (AvgIpc) is 3.51. The number of carbonyl (C=O) groups excluding carboxylic acids is 1. The number of imidazole rings is 1. The molecular formula is C27H25F2N5O2. The molecule has 2 fully saturated rings. The van der Waals surface area contributed by atoms with Crippen LogP contribution in [-0.4, -0.2) is 43.0 Å². The molecule has 2 aromatic carbocycles. The second-order valence-electron chi connectivity index (χ2n) is 9.79. The lowest BCUT2D eigenvalue weighted by Crippen LogP contribution is -2.32. The Morgan fingerprint density at radius 2 is 1.81 bits per heavy atom. The molecule has 1 aliphatic carbocycles. The highest BCUT2D eigenvalue weighted by molar-refractivity contribution is 5.81. The summed E-state index contributed by atoms with van der Waals surface area (Å²) >= 11 is 0. The lowest BCUT2D eigenvalue weighted by molar-refractivity contribution is -0.131. The van der Waals surface area contributed by atoms with Crippen LogP contribution in [-0.2, 0) is 18.4 Å². The summed E-state index contributed by atoms with van der Waals surface area (Å²) in [5, 5.41) is 0. The van der Waals surface area contributed by atoms with Crippen LogP contribution in [0.2, 0.25) is 0 Å². The lowest BCUT2D eigenvalue weighted by atomic mass is 10.0. The van der Waals surface area contributed by atoms with Crippen molar-refractivity contribution in [2.75, 3.05) is 13.1 Å². The predicted molar refractivity (Wildman–Crippen MR) is 131 cm³/mol. The van der Waals surface area contributed by atoms with Crippen molar-refractivity contribution in [2.24, 2.45) is 18.9 Å². The number of hydrogen-bond donors (Lipinski definition) is 0. The van der Waals surface area contributed by atoms with Crippen molar-refractivity contribution >= 4 is 17.1 Å². The molecule has 1 atom stereocenters. The molecule has 0 N–H and O–H groups in total. The minimum Gasteiger partial charge on any atom is -0.342 e. The molecule has 2 aliphatic rings. The number of rotatable bonds is 5. The first kappa shape index (κ1) is 22.6. The molecular weight excluding hydrogens is 464 g/mol. The summed E-state index contributed by atoms with van der Waals surface area (Å²) < 4.78 is 32.0. The van der Waals surface area contributed by atoms with Gasteiger partial charge in [-0.05, 0) is 60.6 Å². The first-order chi connectivity index (χ1) is 17.4. The highest BCUT2D eigenvalue weighted by Crippen LogP contribution is 2.34. The van der Waals surface area contributed by atoms with E-state index < -0.39 is 5.82 Å². The molecule has 0 radical (unpaired) electrons. The van der Waals surface area contributed by atoms with Gasteiger partial charge in [-0.25, -0.2) is 18.7 Å². The summed E-state index contributed by atoms with van der Waals surface area (Å²) in [6.45, 7) is 1.57. The number of hydrogen-bond acceptors (Lipinski definition) is 4. The zero-order valence-corrected chi connectivity index (χ0v) is 19.8. The van der Waals surface area contributed by atoms with Crippen LogP contribution in [0.3, 0.4) is 0 Å². The van der Waals surface area contributed by atoms with Gasteiger partial charge in [0.25, 0.3) is 5.56 Å². The van der Waals surface area contributed by atoms with E-state index in [-0.39, 0.29) is 46.0 Å². The fourth-order valence-corrected chi connectivity index (χ4v) is 5.01. The van der Waals surface area contributed by atoms with Crippen molar-refractivity contribution in [3.05, 3.63) is 70.8 Å². The highest BCUT2D eigenvalue weighted by Gasteiger charge is 2.37. The number of likely N-dealkylation sites (tertiary alicyclic amines) is 1. The Bertz CT molecular complexity index is 1540. The Morgan fingerprint density at radius 3 is 2.53 bits per heavy atom. The van der Waals surface area contributed by atoms with Gasteiger partial charge in [-0.1, -0.05) is 18.2 Å². The van der Waals surface area contributed by atoms with Gasteiger partial charge in [-0.15, -0.1) is 0 Å². The average molecular weight is 490 g/mol. The molecule has 2 aromatic heterocycles. The Hall–Kier alpha value is -3.88. The minimum absolute atomic E-state index is 0.0636. The molecule has 7 nitrogen and oxygen atoms in total. The van der Waals surface area contributed by atoms with Crippen molar-refractivity contribution in [3.63, 3.8) is 0 Å². The molecule has 6 rings (SSSR count). The molecule has 184 valence electrons. The Kier molecular flexibility index (Phi) is 5.43. The van der Waals surface area contributed by atoms with Crippen molar-refractivity contribution in [3.8, 4) is 22.5 Å². The Morgan fingerprint density at radius 1 is 1.06 bits per heavy atom. The number of aryl methyl sites for hydroxylation is 1. The predicted octanol–water partition coefficient (Wildman–Crippen LogP) is 4.00. The Balaban J connectivity index is 1.39. The summed E-state index contributed by atoms with van der Waals surface area (Å²) in [5.41, 5.74) is 1.76. The molecule has 1 unspecified atom stereocenters. The number of benzene rings is 2. The fraction of sp³-hybridized carbons (Fsp3) is 0.333. The van der Waals surface area contributed by atoms with Gasteiger partial charge in [0.05, 0.1) is 11.9 Å². The highest BCUT2D eigenvalue weighted by atomic mass is 19.1. The smallest absolute Gasteiger partial charge is 0.281 e.